The first-order valence-electron chi connectivity index (χ1n) is 9.57. The van der Waals surface area contributed by atoms with Gasteiger partial charge in [-0.2, -0.15) is 9.37 Å². The molecule has 2 aromatic carbocycles. The van der Waals surface area contributed by atoms with Gasteiger partial charge in [-0.3, -0.25) is 0 Å². The zero-order valence-corrected chi connectivity index (χ0v) is 19.1. The molecule has 0 fully saturated rings. The number of halogens is 3. The van der Waals surface area contributed by atoms with Crippen LogP contribution in [0.25, 0.3) is 11.1 Å². The zero-order valence-electron chi connectivity index (χ0n) is 17.6. The number of hydrogen-bond donors (Lipinski definition) is 0. The van der Waals surface area contributed by atoms with Crippen LogP contribution in [0.15, 0.2) is 42.5 Å². The number of aryl methyl sites for hydroxylation is 1. The van der Waals surface area contributed by atoms with E-state index in [1.807, 2.05) is 24.3 Å². The lowest BCUT2D eigenvalue weighted by atomic mass is 10.0. The summed E-state index contributed by atoms with van der Waals surface area (Å²) in [5.41, 5.74) is 2.85. The fraction of sp³-hybridized carbons (Fsp3) is 0.217. The first-order chi connectivity index (χ1) is 15.4. The Kier molecular flexibility index (Phi) is 7.77. The summed E-state index contributed by atoms with van der Waals surface area (Å²) >= 11 is 12.3. The van der Waals surface area contributed by atoms with Gasteiger partial charge in [0.1, 0.15) is 21.5 Å². The number of nitrogens with zero attached hydrogens (tertiary/aromatic N) is 1. The standard InChI is InChI=1S/C23H20Cl2FNO5/c1-4-13-6-5-7-14(10-13)16-11-15(8-9-17(16)29-2)32-21-19(24)22(26)27-23(20(21)25)31-12-18(28)30-3/h5-11H,4,12H2,1-3H3. The Morgan fingerprint density at radius 1 is 1.09 bits per heavy atom. The van der Waals surface area contributed by atoms with Gasteiger partial charge in [-0.25, -0.2) is 4.79 Å². The van der Waals surface area contributed by atoms with Crippen molar-refractivity contribution in [3.63, 3.8) is 0 Å². The molecule has 0 saturated carbocycles. The normalized spacial score (nSPS) is 10.6. The predicted molar refractivity (Wildman–Crippen MR) is 120 cm³/mol. The minimum atomic E-state index is -1.06. The Morgan fingerprint density at radius 3 is 2.56 bits per heavy atom. The van der Waals surface area contributed by atoms with E-state index in [9.17, 15) is 9.18 Å². The summed E-state index contributed by atoms with van der Waals surface area (Å²) in [6.07, 6.45) is 0.877. The average molecular weight is 480 g/mol. The van der Waals surface area contributed by atoms with Gasteiger partial charge in [-0.15, -0.1) is 0 Å². The van der Waals surface area contributed by atoms with Gasteiger partial charge in [0.25, 0.3) is 0 Å². The van der Waals surface area contributed by atoms with Crippen LogP contribution in [-0.4, -0.2) is 31.8 Å². The minimum absolute atomic E-state index is 0.189. The molecule has 0 N–H and O–H groups in total. The lowest BCUT2D eigenvalue weighted by Gasteiger charge is -2.15. The molecule has 0 unspecified atom stereocenters. The van der Waals surface area contributed by atoms with Gasteiger partial charge in [0, 0.05) is 5.56 Å². The number of ether oxygens (including phenoxy) is 4. The lowest BCUT2D eigenvalue weighted by molar-refractivity contribution is -0.143. The zero-order chi connectivity index (χ0) is 23.3. The van der Waals surface area contributed by atoms with Crippen molar-refractivity contribution in [2.24, 2.45) is 0 Å². The molecule has 9 heteroatoms. The number of benzene rings is 2. The summed E-state index contributed by atoms with van der Waals surface area (Å²) in [6, 6.07) is 13.1. The van der Waals surface area contributed by atoms with Crippen LogP contribution in [0.5, 0.6) is 23.1 Å². The highest BCUT2D eigenvalue weighted by atomic mass is 35.5. The molecule has 0 amide bonds. The van der Waals surface area contributed by atoms with E-state index >= 15 is 0 Å². The fourth-order valence-electron chi connectivity index (χ4n) is 2.90. The molecule has 0 aliphatic heterocycles. The molecule has 1 heterocycles. The Morgan fingerprint density at radius 2 is 1.88 bits per heavy atom. The highest BCUT2D eigenvalue weighted by molar-refractivity contribution is 6.37. The molecule has 0 saturated heterocycles. The van der Waals surface area contributed by atoms with Gasteiger partial charge >= 0.3 is 5.97 Å². The van der Waals surface area contributed by atoms with Crippen LogP contribution in [0.3, 0.4) is 0 Å². The van der Waals surface area contributed by atoms with Gasteiger partial charge in [0.2, 0.25) is 11.8 Å². The van der Waals surface area contributed by atoms with Crippen molar-refractivity contribution in [3.05, 3.63) is 64.0 Å². The molecule has 6 nitrogen and oxygen atoms in total. The van der Waals surface area contributed by atoms with Gasteiger partial charge in [-0.1, -0.05) is 54.4 Å². The first-order valence-corrected chi connectivity index (χ1v) is 10.3. The third kappa shape index (κ3) is 5.23. The monoisotopic (exact) mass is 479 g/mol. The van der Waals surface area contributed by atoms with E-state index in [0.29, 0.717) is 11.5 Å². The maximum absolute atomic E-state index is 14.3. The first kappa shape index (κ1) is 23.6. The molecule has 1 aromatic heterocycles. The second-order valence-corrected chi connectivity index (χ2v) is 7.30. The number of rotatable bonds is 8. The predicted octanol–water partition coefficient (Wildman–Crippen LogP) is 6.11. The third-order valence-electron chi connectivity index (χ3n) is 4.56. The molecule has 32 heavy (non-hydrogen) atoms. The van der Waals surface area contributed by atoms with Gasteiger partial charge in [-0.05, 0) is 35.7 Å². The summed E-state index contributed by atoms with van der Waals surface area (Å²) in [4.78, 5) is 14.9. The van der Waals surface area contributed by atoms with Crippen molar-refractivity contribution in [1.82, 2.24) is 4.98 Å². The molecule has 0 radical (unpaired) electrons. The van der Waals surface area contributed by atoms with Gasteiger partial charge < -0.3 is 18.9 Å². The quantitative estimate of drug-likeness (QED) is 0.286. The van der Waals surface area contributed by atoms with E-state index in [1.54, 1.807) is 25.3 Å². The number of esters is 1. The molecular formula is C23H20Cl2FNO5. The van der Waals surface area contributed by atoms with Crippen LogP contribution in [0.4, 0.5) is 4.39 Å². The van der Waals surface area contributed by atoms with Crippen LogP contribution in [0.2, 0.25) is 10.0 Å². The number of hydrogen-bond acceptors (Lipinski definition) is 6. The molecule has 0 aliphatic rings. The van der Waals surface area contributed by atoms with E-state index < -0.39 is 23.5 Å². The molecule has 0 bridgehead atoms. The van der Waals surface area contributed by atoms with Crippen LogP contribution >= 0.6 is 23.2 Å². The van der Waals surface area contributed by atoms with Crippen LogP contribution in [0, 0.1) is 5.95 Å². The topological polar surface area (TPSA) is 66.9 Å². The molecule has 0 spiro atoms. The maximum atomic E-state index is 14.3. The van der Waals surface area contributed by atoms with E-state index in [-0.39, 0.29) is 16.7 Å². The smallest absolute Gasteiger partial charge is 0.343 e. The number of pyridine rings is 1. The molecule has 0 aliphatic carbocycles. The van der Waals surface area contributed by atoms with Gasteiger partial charge in [0.15, 0.2) is 12.4 Å². The Labute approximate surface area is 194 Å². The second-order valence-electron chi connectivity index (χ2n) is 6.55. The van der Waals surface area contributed by atoms with Crippen LogP contribution < -0.4 is 14.2 Å². The number of carbonyl (C=O) groups is 1. The molecular weight excluding hydrogens is 460 g/mol. The van der Waals surface area contributed by atoms with Gasteiger partial charge in [0.05, 0.1) is 14.2 Å². The van der Waals surface area contributed by atoms with Crippen molar-refractivity contribution >= 4 is 29.2 Å². The van der Waals surface area contributed by atoms with E-state index in [2.05, 4.69) is 16.6 Å². The van der Waals surface area contributed by atoms with Crippen molar-refractivity contribution < 1.29 is 28.1 Å². The average Bonchev–Trinajstić information content (AvgIpc) is 2.82. The van der Waals surface area contributed by atoms with Crippen molar-refractivity contribution in [2.45, 2.75) is 13.3 Å². The molecule has 3 aromatic rings. The summed E-state index contributed by atoms with van der Waals surface area (Å²) in [7, 11) is 2.76. The van der Waals surface area contributed by atoms with E-state index in [0.717, 1.165) is 23.1 Å². The summed E-state index contributed by atoms with van der Waals surface area (Å²) < 4.78 is 35.2. The SMILES string of the molecule is CCc1cccc(-c2cc(Oc3c(Cl)c(F)nc(OCC(=O)OC)c3Cl)ccc2OC)c1. The van der Waals surface area contributed by atoms with Crippen molar-refractivity contribution in [1.29, 1.82) is 0 Å². The fourth-order valence-corrected chi connectivity index (χ4v) is 3.35. The van der Waals surface area contributed by atoms with E-state index in [4.69, 9.17) is 37.4 Å². The summed E-state index contributed by atoms with van der Waals surface area (Å²) in [5, 5.41) is -0.614. The minimum Gasteiger partial charge on any atom is -0.496 e. The highest BCUT2D eigenvalue weighted by Crippen LogP contribution is 2.43. The highest BCUT2D eigenvalue weighted by Gasteiger charge is 2.22. The summed E-state index contributed by atoms with van der Waals surface area (Å²) in [6.45, 7) is 1.56. The largest absolute Gasteiger partial charge is 0.496 e. The maximum Gasteiger partial charge on any atom is 0.343 e. The Balaban J connectivity index is 1.99. The van der Waals surface area contributed by atoms with Crippen LogP contribution in [-0.2, 0) is 16.0 Å². The number of carbonyl (C=O) groups excluding carboxylic acids is 1. The lowest BCUT2D eigenvalue weighted by Crippen LogP contribution is -2.14. The second kappa shape index (κ2) is 10.5. The summed E-state index contributed by atoms with van der Waals surface area (Å²) in [5.74, 6) is -1.33. The Hall–Kier alpha value is -3.03. The van der Waals surface area contributed by atoms with Crippen molar-refractivity contribution in [2.75, 3.05) is 20.8 Å². The molecule has 168 valence electrons. The Bertz CT molecular complexity index is 1140. The number of methoxy groups -OCH3 is 2. The molecule has 3 rings (SSSR count). The van der Waals surface area contributed by atoms with Crippen molar-refractivity contribution in [3.8, 4) is 34.3 Å². The number of aromatic nitrogens is 1. The van der Waals surface area contributed by atoms with E-state index in [1.165, 1.54) is 7.11 Å². The molecule has 0 atom stereocenters. The third-order valence-corrected chi connectivity index (χ3v) is 5.22. The van der Waals surface area contributed by atoms with Crippen LogP contribution in [0.1, 0.15) is 12.5 Å².